The summed E-state index contributed by atoms with van der Waals surface area (Å²) in [4.78, 5) is 22.9. The van der Waals surface area contributed by atoms with Crippen LogP contribution < -0.4 is 10.6 Å². The zero-order chi connectivity index (χ0) is 16.4. The highest BCUT2D eigenvalue weighted by Gasteiger charge is 2.32. The standard InChI is InChI=1S/C13H15BrF2N2O3/c1-13(2,3)10(11(19)20)18-12(21)17-9-7(14)4-6(15)5-8(9)16/h4-5,10H,1-3H3,(H,19,20)(H2,17,18,21)/t10-/m0/s1. The third-order valence-corrected chi connectivity index (χ3v) is 3.26. The first kappa shape index (κ1) is 17.4. The maximum atomic E-state index is 13.6. The van der Waals surface area contributed by atoms with Crippen molar-refractivity contribution in [3.05, 3.63) is 28.2 Å². The number of nitrogens with one attached hydrogen (secondary N) is 2. The molecule has 2 amide bonds. The van der Waals surface area contributed by atoms with Crippen LogP contribution in [0.25, 0.3) is 0 Å². The number of aliphatic carboxylic acids is 1. The number of anilines is 1. The second kappa shape index (κ2) is 6.38. The molecule has 0 aromatic heterocycles. The highest BCUT2D eigenvalue weighted by molar-refractivity contribution is 9.10. The Morgan fingerprint density at radius 1 is 1.29 bits per heavy atom. The van der Waals surface area contributed by atoms with Crippen LogP contribution in [0.4, 0.5) is 19.3 Å². The fourth-order valence-electron chi connectivity index (χ4n) is 1.59. The van der Waals surface area contributed by atoms with Crippen LogP contribution in [0.1, 0.15) is 20.8 Å². The SMILES string of the molecule is CC(C)(C)[C@@H](NC(=O)Nc1c(F)cc(F)cc1Br)C(=O)O. The van der Waals surface area contributed by atoms with Crippen molar-refractivity contribution in [2.75, 3.05) is 5.32 Å². The third-order valence-electron chi connectivity index (χ3n) is 2.63. The number of carboxylic acid groups (broad SMARTS) is 1. The highest BCUT2D eigenvalue weighted by atomic mass is 79.9. The molecule has 0 saturated heterocycles. The third kappa shape index (κ3) is 4.66. The molecule has 8 heteroatoms. The number of benzene rings is 1. The molecule has 1 atom stereocenters. The molecule has 1 aromatic rings. The minimum Gasteiger partial charge on any atom is -0.480 e. The molecular formula is C13H15BrF2N2O3. The maximum Gasteiger partial charge on any atom is 0.326 e. The summed E-state index contributed by atoms with van der Waals surface area (Å²) < 4.78 is 26.5. The highest BCUT2D eigenvalue weighted by Crippen LogP contribution is 2.27. The van der Waals surface area contributed by atoms with Crippen LogP contribution in [0.2, 0.25) is 0 Å². The van der Waals surface area contributed by atoms with Gasteiger partial charge in [0.25, 0.3) is 0 Å². The molecule has 0 bridgehead atoms. The first-order valence-electron chi connectivity index (χ1n) is 5.97. The number of rotatable bonds is 3. The van der Waals surface area contributed by atoms with Crippen LogP contribution in [0.15, 0.2) is 16.6 Å². The Labute approximate surface area is 128 Å². The minimum atomic E-state index is -1.21. The van der Waals surface area contributed by atoms with Gasteiger partial charge < -0.3 is 15.7 Å². The van der Waals surface area contributed by atoms with Crippen LogP contribution in [-0.4, -0.2) is 23.1 Å². The van der Waals surface area contributed by atoms with E-state index in [1.165, 1.54) is 0 Å². The topological polar surface area (TPSA) is 78.4 Å². The Balaban J connectivity index is 2.90. The normalized spacial score (nSPS) is 12.7. The lowest BCUT2D eigenvalue weighted by molar-refractivity contribution is -0.141. The Bertz CT molecular complexity index is 550. The lowest BCUT2D eigenvalue weighted by Gasteiger charge is -2.27. The average molecular weight is 365 g/mol. The van der Waals surface area contributed by atoms with Gasteiger partial charge in [-0.15, -0.1) is 0 Å². The zero-order valence-electron chi connectivity index (χ0n) is 11.6. The van der Waals surface area contributed by atoms with Crippen molar-refractivity contribution in [2.45, 2.75) is 26.8 Å². The van der Waals surface area contributed by atoms with Crippen molar-refractivity contribution in [1.82, 2.24) is 5.32 Å². The fourth-order valence-corrected chi connectivity index (χ4v) is 2.10. The smallest absolute Gasteiger partial charge is 0.326 e. The van der Waals surface area contributed by atoms with Gasteiger partial charge in [-0.1, -0.05) is 20.8 Å². The van der Waals surface area contributed by atoms with E-state index in [-0.39, 0.29) is 10.2 Å². The van der Waals surface area contributed by atoms with Gasteiger partial charge in [-0.3, -0.25) is 0 Å². The molecule has 3 N–H and O–H groups in total. The first-order valence-corrected chi connectivity index (χ1v) is 6.76. The van der Waals surface area contributed by atoms with Gasteiger partial charge in [-0.2, -0.15) is 0 Å². The summed E-state index contributed by atoms with van der Waals surface area (Å²) in [5, 5.41) is 13.5. The number of carbonyl (C=O) groups excluding carboxylic acids is 1. The Morgan fingerprint density at radius 3 is 2.29 bits per heavy atom. The number of carbonyl (C=O) groups is 2. The Kier molecular flexibility index (Phi) is 5.27. The number of urea groups is 1. The van der Waals surface area contributed by atoms with Crippen LogP contribution in [0, 0.1) is 17.0 Å². The Hall–Kier alpha value is -1.70. The second-order valence-electron chi connectivity index (χ2n) is 5.48. The van der Waals surface area contributed by atoms with Gasteiger partial charge in [0.2, 0.25) is 0 Å². The molecule has 116 valence electrons. The molecule has 21 heavy (non-hydrogen) atoms. The van der Waals surface area contributed by atoms with Gasteiger partial charge in [0, 0.05) is 10.5 Å². The monoisotopic (exact) mass is 364 g/mol. The predicted molar refractivity (Wildman–Crippen MR) is 77.1 cm³/mol. The van der Waals surface area contributed by atoms with Crippen LogP contribution in [0.5, 0.6) is 0 Å². The van der Waals surface area contributed by atoms with E-state index in [2.05, 4.69) is 26.6 Å². The summed E-state index contributed by atoms with van der Waals surface area (Å²) in [5.41, 5.74) is -1.01. The van der Waals surface area contributed by atoms with Crippen molar-refractivity contribution < 1.29 is 23.5 Å². The molecule has 1 rings (SSSR count). The molecule has 0 aliphatic rings. The summed E-state index contributed by atoms with van der Waals surface area (Å²) in [6, 6.07) is -0.473. The van der Waals surface area contributed by atoms with Gasteiger partial charge in [0.15, 0.2) is 5.82 Å². The molecule has 5 nitrogen and oxygen atoms in total. The summed E-state index contributed by atoms with van der Waals surface area (Å²) in [7, 11) is 0. The maximum absolute atomic E-state index is 13.6. The van der Waals surface area contributed by atoms with E-state index >= 15 is 0 Å². The van der Waals surface area contributed by atoms with E-state index in [4.69, 9.17) is 5.11 Å². The van der Waals surface area contributed by atoms with Gasteiger partial charge in [0.1, 0.15) is 11.9 Å². The molecule has 0 fully saturated rings. The van der Waals surface area contributed by atoms with Gasteiger partial charge in [0.05, 0.1) is 5.69 Å². The minimum absolute atomic E-state index is 0.0118. The number of hydrogen-bond donors (Lipinski definition) is 3. The van der Waals surface area contributed by atoms with Crippen LogP contribution in [-0.2, 0) is 4.79 Å². The van der Waals surface area contributed by atoms with Gasteiger partial charge in [-0.25, -0.2) is 18.4 Å². The Morgan fingerprint density at radius 2 is 1.86 bits per heavy atom. The van der Waals surface area contributed by atoms with Crippen LogP contribution >= 0.6 is 15.9 Å². The number of carboxylic acids is 1. The summed E-state index contributed by atoms with van der Waals surface area (Å²) in [6.07, 6.45) is 0. The van der Waals surface area contributed by atoms with Crippen molar-refractivity contribution in [1.29, 1.82) is 0 Å². The van der Waals surface area contributed by atoms with Crippen molar-refractivity contribution in [3.63, 3.8) is 0 Å². The lowest BCUT2D eigenvalue weighted by atomic mass is 9.87. The van der Waals surface area contributed by atoms with Crippen LogP contribution in [0.3, 0.4) is 0 Å². The lowest BCUT2D eigenvalue weighted by Crippen LogP contribution is -2.50. The predicted octanol–water partition coefficient (Wildman–Crippen LogP) is 3.35. The number of hydrogen-bond acceptors (Lipinski definition) is 2. The molecule has 1 aromatic carbocycles. The summed E-state index contributed by atoms with van der Waals surface area (Å²) in [6.45, 7) is 4.92. The first-order chi connectivity index (χ1) is 9.52. The summed E-state index contributed by atoms with van der Waals surface area (Å²) >= 11 is 2.92. The van der Waals surface area contributed by atoms with E-state index in [0.29, 0.717) is 6.07 Å². The summed E-state index contributed by atoms with van der Waals surface area (Å²) in [5.74, 6) is -2.99. The molecule has 0 unspecified atom stereocenters. The quantitative estimate of drug-likeness (QED) is 0.769. The zero-order valence-corrected chi connectivity index (χ0v) is 13.2. The molecule has 0 aliphatic heterocycles. The largest absolute Gasteiger partial charge is 0.480 e. The molecule has 0 spiro atoms. The van der Waals surface area contributed by atoms with Crippen molar-refractivity contribution in [2.24, 2.45) is 5.41 Å². The molecule has 0 saturated carbocycles. The number of amides is 2. The molecule has 0 aliphatic carbocycles. The van der Waals surface area contributed by atoms with E-state index in [1.54, 1.807) is 20.8 Å². The van der Waals surface area contributed by atoms with Crippen molar-refractivity contribution >= 4 is 33.6 Å². The second-order valence-corrected chi connectivity index (χ2v) is 6.33. The van der Waals surface area contributed by atoms with E-state index in [9.17, 15) is 18.4 Å². The van der Waals surface area contributed by atoms with Crippen molar-refractivity contribution in [3.8, 4) is 0 Å². The number of halogens is 3. The van der Waals surface area contributed by atoms with E-state index < -0.39 is 35.1 Å². The molecular weight excluding hydrogens is 350 g/mol. The molecule has 0 radical (unpaired) electrons. The van der Waals surface area contributed by atoms with Gasteiger partial charge in [-0.05, 0) is 27.4 Å². The average Bonchev–Trinajstić information content (AvgIpc) is 2.28. The molecule has 0 heterocycles. The van der Waals surface area contributed by atoms with E-state index in [0.717, 1.165) is 6.07 Å². The van der Waals surface area contributed by atoms with Gasteiger partial charge >= 0.3 is 12.0 Å². The van der Waals surface area contributed by atoms with E-state index in [1.807, 2.05) is 0 Å². The fraction of sp³-hybridized carbons (Fsp3) is 0.385.